The van der Waals surface area contributed by atoms with Crippen LogP contribution in [0.5, 0.6) is 0 Å². The van der Waals surface area contributed by atoms with Gasteiger partial charge in [-0.05, 0) is 24.2 Å². The Morgan fingerprint density at radius 1 is 1.35 bits per heavy atom. The van der Waals surface area contributed by atoms with E-state index in [1.54, 1.807) is 0 Å². The van der Waals surface area contributed by atoms with Gasteiger partial charge in [-0.15, -0.1) is 0 Å². The van der Waals surface area contributed by atoms with Gasteiger partial charge in [-0.1, -0.05) is 30.3 Å². The number of benzene rings is 1. The van der Waals surface area contributed by atoms with Gasteiger partial charge in [0.05, 0.1) is 5.60 Å². The van der Waals surface area contributed by atoms with Gasteiger partial charge in [-0.25, -0.2) is 0 Å². The summed E-state index contributed by atoms with van der Waals surface area (Å²) in [5.74, 6) is 1.99. The van der Waals surface area contributed by atoms with Crippen LogP contribution in [0.4, 0.5) is 0 Å². The summed E-state index contributed by atoms with van der Waals surface area (Å²) in [6.07, 6.45) is 2.13. The largest absolute Gasteiger partial charge is 0.388 e. The van der Waals surface area contributed by atoms with Crippen molar-refractivity contribution >= 4 is 11.8 Å². The second-order valence-corrected chi connectivity index (χ2v) is 7.22. The summed E-state index contributed by atoms with van der Waals surface area (Å²) < 4.78 is 0. The molecular weight excluding hydrogens is 268 g/mol. The van der Waals surface area contributed by atoms with Crippen molar-refractivity contribution in [3.8, 4) is 0 Å². The molecule has 2 heterocycles. The van der Waals surface area contributed by atoms with Crippen LogP contribution in [0.1, 0.15) is 18.4 Å². The van der Waals surface area contributed by atoms with Crippen LogP contribution in [-0.4, -0.2) is 52.8 Å². The average Bonchev–Trinajstić information content (AvgIpc) is 3.08. The molecule has 2 aliphatic rings. The zero-order chi connectivity index (χ0) is 13.8. The Kier molecular flexibility index (Phi) is 4.66. The fourth-order valence-corrected chi connectivity index (χ4v) is 4.35. The predicted octanol–water partition coefficient (Wildman–Crippen LogP) is 1.72. The smallest absolute Gasteiger partial charge is 0.0869 e. The molecule has 0 amide bonds. The second kappa shape index (κ2) is 6.48. The summed E-state index contributed by atoms with van der Waals surface area (Å²) >= 11 is 1.87. The summed E-state index contributed by atoms with van der Waals surface area (Å²) in [4.78, 5) is 2.50. The number of thioether (sulfide) groups is 1. The van der Waals surface area contributed by atoms with Crippen LogP contribution in [0, 0.1) is 0 Å². The van der Waals surface area contributed by atoms with E-state index in [4.69, 9.17) is 0 Å². The molecule has 1 aromatic carbocycles. The Morgan fingerprint density at radius 2 is 2.20 bits per heavy atom. The molecule has 0 unspecified atom stereocenters. The second-order valence-electron chi connectivity index (χ2n) is 6.11. The third-order valence-corrected chi connectivity index (χ3v) is 5.56. The molecule has 0 radical (unpaired) electrons. The molecule has 2 N–H and O–H groups in total. The van der Waals surface area contributed by atoms with E-state index < -0.39 is 5.60 Å². The normalized spacial score (nSPS) is 30.9. The molecule has 4 heteroatoms. The topological polar surface area (TPSA) is 35.5 Å². The predicted molar refractivity (Wildman–Crippen MR) is 85.0 cm³/mol. The van der Waals surface area contributed by atoms with E-state index in [-0.39, 0.29) is 0 Å². The van der Waals surface area contributed by atoms with Gasteiger partial charge in [0, 0.05) is 38.0 Å². The molecule has 3 rings (SSSR count). The Hall–Kier alpha value is -0.550. The van der Waals surface area contributed by atoms with Crippen LogP contribution in [0.2, 0.25) is 0 Å². The van der Waals surface area contributed by atoms with E-state index in [2.05, 4.69) is 40.5 Å². The van der Waals surface area contributed by atoms with Crippen LogP contribution in [0.3, 0.4) is 0 Å². The molecule has 0 aliphatic carbocycles. The lowest BCUT2D eigenvalue weighted by Crippen LogP contribution is -2.45. The molecular formula is C16H24N2OS. The Labute approximate surface area is 125 Å². The van der Waals surface area contributed by atoms with Crippen LogP contribution < -0.4 is 5.32 Å². The van der Waals surface area contributed by atoms with Gasteiger partial charge in [0.1, 0.15) is 0 Å². The minimum Gasteiger partial charge on any atom is -0.388 e. The summed E-state index contributed by atoms with van der Waals surface area (Å²) in [5.41, 5.74) is 0.927. The van der Waals surface area contributed by atoms with Gasteiger partial charge >= 0.3 is 0 Å². The minimum absolute atomic E-state index is 0.461. The molecule has 0 aromatic heterocycles. The Balaban J connectivity index is 1.43. The molecule has 0 spiro atoms. The molecule has 2 saturated heterocycles. The SMILES string of the molecule is O[C@@]1(CN[C@@H]2CCN(Cc3ccccc3)C2)CCSC1. The van der Waals surface area contributed by atoms with Crippen molar-refractivity contribution in [3.63, 3.8) is 0 Å². The summed E-state index contributed by atoms with van der Waals surface area (Å²) in [6.45, 7) is 4.04. The summed E-state index contributed by atoms with van der Waals surface area (Å²) in [7, 11) is 0. The maximum absolute atomic E-state index is 10.4. The van der Waals surface area contributed by atoms with Gasteiger partial charge < -0.3 is 10.4 Å². The van der Waals surface area contributed by atoms with Gasteiger partial charge in [0.25, 0.3) is 0 Å². The number of rotatable bonds is 5. The maximum atomic E-state index is 10.4. The molecule has 2 atom stereocenters. The van der Waals surface area contributed by atoms with Crippen LogP contribution in [-0.2, 0) is 6.54 Å². The van der Waals surface area contributed by atoms with E-state index in [1.165, 1.54) is 12.0 Å². The molecule has 110 valence electrons. The Morgan fingerprint density at radius 3 is 2.95 bits per heavy atom. The van der Waals surface area contributed by atoms with Gasteiger partial charge in [0.2, 0.25) is 0 Å². The quantitative estimate of drug-likeness (QED) is 0.866. The van der Waals surface area contributed by atoms with Gasteiger partial charge in [-0.3, -0.25) is 4.90 Å². The van der Waals surface area contributed by atoms with E-state index in [9.17, 15) is 5.11 Å². The number of likely N-dealkylation sites (tertiary alicyclic amines) is 1. The number of nitrogens with zero attached hydrogens (tertiary/aromatic N) is 1. The monoisotopic (exact) mass is 292 g/mol. The zero-order valence-corrected chi connectivity index (χ0v) is 12.7. The first kappa shape index (κ1) is 14.4. The first-order valence-corrected chi connectivity index (χ1v) is 8.69. The van der Waals surface area contributed by atoms with Crippen LogP contribution in [0.15, 0.2) is 30.3 Å². The van der Waals surface area contributed by atoms with E-state index in [0.717, 1.165) is 44.1 Å². The van der Waals surface area contributed by atoms with E-state index >= 15 is 0 Å². The summed E-state index contributed by atoms with van der Waals surface area (Å²) in [5, 5.41) is 13.9. The highest BCUT2D eigenvalue weighted by molar-refractivity contribution is 7.99. The van der Waals surface area contributed by atoms with Crippen molar-refractivity contribution < 1.29 is 5.11 Å². The highest BCUT2D eigenvalue weighted by atomic mass is 32.2. The number of nitrogens with one attached hydrogen (secondary N) is 1. The van der Waals surface area contributed by atoms with E-state index in [1.807, 2.05) is 11.8 Å². The first-order valence-electron chi connectivity index (χ1n) is 7.53. The molecule has 3 nitrogen and oxygen atoms in total. The van der Waals surface area contributed by atoms with E-state index in [0.29, 0.717) is 6.04 Å². The maximum Gasteiger partial charge on any atom is 0.0869 e. The number of hydrogen-bond donors (Lipinski definition) is 2. The van der Waals surface area contributed by atoms with Crippen LogP contribution in [0.25, 0.3) is 0 Å². The lowest BCUT2D eigenvalue weighted by atomic mass is 10.0. The molecule has 2 aliphatic heterocycles. The van der Waals surface area contributed by atoms with Crippen molar-refractivity contribution in [3.05, 3.63) is 35.9 Å². The minimum atomic E-state index is -0.461. The number of hydrogen-bond acceptors (Lipinski definition) is 4. The lowest BCUT2D eigenvalue weighted by molar-refractivity contribution is 0.0648. The third kappa shape index (κ3) is 3.76. The zero-order valence-electron chi connectivity index (χ0n) is 11.9. The third-order valence-electron chi connectivity index (χ3n) is 4.32. The lowest BCUT2D eigenvalue weighted by Gasteiger charge is -2.24. The fourth-order valence-electron chi connectivity index (χ4n) is 3.05. The van der Waals surface area contributed by atoms with Crippen molar-refractivity contribution in [2.45, 2.75) is 31.0 Å². The summed E-state index contributed by atoms with van der Waals surface area (Å²) in [6, 6.07) is 11.2. The Bertz CT molecular complexity index is 420. The van der Waals surface area contributed by atoms with Crippen molar-refractivity contribution in [2.24, 2.45) is 0 Å². The molecule has 0 bridgehead atoms. The molecule has 2 fully saturated rings. The van der Waals surface area contributed by atoms with Crippen molar-refractivity contribution in [1.82, 2.24) is 10.2 Å². The molecule has 1 aromatic rings. The number of aliphatic hydroxyl groups is 1. The van der Waals surface area contributed by atoms with Crippen molar-refractivity contribution in [1.29, 1.82) is 0 Å². The average molecular weight is 292 g/mol. The highest BCUT2D eigenvalue weighted by Gasteiger charge is 2.33. The van der Waals surface area contributed by atoms with Crippen molar-refractivity contribution in [2.75, 3.05) is 31.1 Å². The molecule has 20 heavy (non-hydrogen) atoms. The van der Waals surface area contributed by atoms with Crippen LogP contribution >= 0.6 is 11.8 Å². The fraction of sp³-hybridized carbons (Fsp3) is 0.625. The highest BCUT2D eigenvalue weighted by Crippen LogP contribution is 2.27. The van der Waals surface area contributed by atoms with Gasteiger partial charge in [-0.2, -0.15) is 11.8 Å². The molecule has 0 saturated carbocycles. The first-order chi connectivity index (χ1) is 9.73. The van der Waals surface area contributed by atoms with Gasteiger partial charge in [0.15, 0.2) is 0 Å². The standard InChI is InChI=1S/C16H24N2OS/c19-16(7-9-20-13-16)12-17-15-6-8-18(11-15)10-14-4-2-1-3-5-14/h1-5,15,17,19H,6-13H2/t15-,16-/m1/s1.